The largest absolute Gasteiger partial charge is 1.00 e. The molecule has 0 bridgehead atoms. The molecule has 1 amide bonds. The molecule has 0 atom stereocenters. The third-order valence-electron chi connectivity index (χ3n) is 0.716. The van der Waals surface area contributed by atoms with E-state index in [2.05, 4.69) is 25.5 Å². The molecule has 0 rings (SSSR count). The van der Waals surface area contributed by atoms with E-state index in [0.717, 1.165) is 12.2 Å². The molecule has 0 radical (unpaired) electrons. The number of hydrogen-bond donors (Lipinski definition) is 1. The van der Waals surface area contributed by atoms with Crippen molar-refractivity contribution in [2.24, 2.45) is 5.73 Å². The first-order valence-electron chi connectivity index (χ1n) is 3.81. The Morgan fingerprint density at radius 2 is 1.22 bits per heavy atom. The van der Waals surface area contributed by atoms with Crippen molar-refractivity contribution in [1.29, 1.82) is 0 Å². The fourth-order valence-corrected chi connectivity index (χ4v) is 0. The molecule has 0 aromatic carbocycles. The van der Waals surface area contributed by atoms with Crippen molar-refractivity contribution in [2.75, 3.05) is 0 Å². The van der Waals surface area contributed by atoms with Crippen molar-refractivity contribution < 1.29 is 83.7 Å². The summed E-state index contributed by atoms with van der Waals surface area (Å²) in [7, 11) is 0. The summed E-state index contributed by atoms with van der Waals surface area (Å²) in [4.78, 5) is 28.1. The fourth-order valence-electron chi connectivity index (χ4n) is 0. The number of carbonyl (C=O) groups is 3. The monoisotopic (exact) mass is 273 g/mol. The normalized spacial score (nSPS) is 6.06. The van der Waals surface area contributed by atoms with Gasteiger partial charge in [0.1, 0.15) is 0 Å². The first-order chi connectivity index (χ1) is 7.18. The molecule has 0 aliphatic heterocycles. The summed E-state index contributed by atoms with van der Waals surface area (Å²) in [5, 5.41) is 18.6. The molecule has 0 aromatic heterocycles. The molecule has 0 aliphatic rings. The summed E-state index contributed by atoms with van der Waals surface area (Å²) in [5.74, 6) is -2.90. The number of nitrogens with two attached hydrogens (primary N) is 1. The summed E-state index contributed by atoms with van der Waals surface area (Å²) >= 11 is 0. The minimum atomic E-state index is -1.23. The summed E-state index contributed by atoms with van der Waals surface area (Å²) < 4.78 is 0. The molecule has 0 saturated carbocycles. The number of carboxylic acid groups (broad SMARTS) is 2. The third-order valence-corrected chi connectivity index (χ3v) is 0.716. The van der Waals surface area contributed by atoms with Gasteiger partial charge in [0.25, 0.3) is 0 Å². The predicted octanol–water partition coefficient (Wildman–Crippen LogP) is -8.10. The molecule has 8 heteroatoms. The second kappa shape index (κ2) is 21.9. The molecule has 90 valence electrons. The number of aliphatic carboxylic acids is 2. The van der Waals surface area contributed by atoms with Crippen LogP contribution in [0.2, 0.25) is 0 Å². The van der Waals surface area contributed by atoms with Gasteiger partial charge >= 0.3 is 59.1 Å². The van der Waals surface area contributed by atoms with Gasteiger partial charge in [-0.3, -0.25) is 4.79 Å². The van der Waals surface area contributed by atoms with Crippen LogP contribution in [0.25, 0.3) is 0 Å². The van der Waals surface area contributed by atoms with E-state index in [-0.39, 0.29) is 64.7 Å². The molecule has 0 unspecified atom stereocenters. The zero-order valence-corrected chi connectivity index (χ0v) is 14.9. The van der Waals surface area contributed by atoms with Crippen molar-refractivity contribution in [2.45, 2.75) is 6.92 Å². The Morgan fingerprint density at radius 3 is 1.22 bits per heavy atom. The van der Waals surface area contributed by atoms with Crippen LogP contribution in [-0.2, 0) is 14.4 Å². The summed E-state index contributed by atoms with van der Waals surface area (Å²) in [6, 6.07) is 0. The maximum Gasteiger partial charge on any atom is 1.00 e. The van der Waals surface area contributed by atoms with E-state index in [0.29, 0.717) is 0 Å². The maximum absolute atomic E-state index is 9.49. The van der Waals surface area contributed by atoms with Gasteiger partial charge in [-0.2, -0.15) is 0 Å². The number of carbonyl (C=O) groups excluding carboxylic acids is 3. The minimum Gasteiger partial charge on any atom is -0.545 e. The molecule has 6 nitrogen and oxygen atoms in total. The molecular formula is C10H13NNa2O5. The van der Waals surface area contributed by atoms with Crippen LogP contribution >= 0.6 is 0 Å². The van der Waals surface area contributed by atoms with Gasteiger partial charge in [0, 0.05) is 0 Å². The third kappa shape index (κ3) is 57.5. The van der Waals surface area contributed by atoms with Gasteiger partial charge < -0.3 is 25.5 Å². The van der Waals surface area contributed by atoms with E-state index in [4.69, 9.17) is 9.90 Å². The van der Waals surface area contributed by atoms with E-state index < -0.39 is 17.8 Å². The van der Waals surface area contributed by atoms with Crippen LogP contribution in [0.5, 0.6) is 0 Å². The van der Waals surface area contributed by atoms with E-state index in [1.807, 2.05) is 0 Å². The van der Waals surface area contributed by atoms with Gasteiger partial charge in [-0.15, -0.1) is 0 Å². The van der Waals surface area contributed by atoms with Crippen molar-refractivity contribution in [3.8, 4) is 0 Å². The molecule has 0 aromatic rings. The minimum absolute atomic E-state index is 0. The van der Waals surface area contributed by atoms with Crippen molar-refractivity contribution in [3.05, 3.63) is 37.5 Å². The van der Waals surface area contributed by atoms with Crippen LogP contribution in [0.1, 0.15) is 6.92 Å². The quantitative estimate of drug-likeness (QED) is 0.404. The molecular weight excluding hydrogens is 260 g/mol. The number of hydrogen-bond acceptors (Lipinski definition) is 5. The van der Waals surface area contributed by atoms with Crippen LogP contribution in [0.15, 0.2) is 37.5 Å². The maximum atomic E-state index is 9.49. The van der Waals surface area contributed by atoms with Gasteiger partial charge in [0.15, 0.2) is 0 Å². The van der Waals surface area contributed by atoms with E-state index >= 15 is 0 Å². The van der Waals surface area contributed by atoms with E-state index in [1.54, 1.807) is 0 Å². The number of amides is 1. The fraction of sp³-hybridized carbons (Fsp3) is 0.100. The van der Waals surface area contributed by atoms with Crippen molar-refractivity contribution in [3.63, 3.8) is 0 Å². The van der Waals surface area contributed by atoms with Gasteiger partial charge in [-0.05, 0) is 24.6 Å². The van der Waals surface area contributed by atoms with Crippen molar-refractivity contribution >= 4 is 17.8 Å². The Morgan fingerprint density at radius 1 is 1.06 bits per heavy atom. The second-order valence-electron chi connectivity index (χ2n) is 2.20. The average Bonchev–Trinajstić information content (AvgIpc) is 2.19. The Bertz CT molecular complexity index is 273. The van der Waals surface area contributed by atoms with E-state index in [9.17, 15) is 14.7 Å². The number of rotatable bonds is 3. The van der Waals surface area contributed by atoms with Crippen LogP contribution in [0.4, 0.5) is 0 Å². The molecule has 2 N–H and O–H groups in total. The standard InChI is InChI=1S/C4H6O2.C3H5NO.C3H4O2.2Na/c1-3(2)4(5)6;2*1-2-3(4)5;;/h1H2,2H3,(H,5,6);2H,1H2,(H2,4,5);2H,1H2,(H,4,5);;/q;;;2*+1/p-2. The summed E-state index contributed by atoms with van der Waals surface area (Å²) in [6.07, 6.45) is 1.78. The van der Waals surface area contributed by atoms with Crippen LogP contribution in [0, 0.1) is 0 Å². The molecule has 0 saturated heterocycles. The summed E-state index contributed by atoms with van der Waals surface area (Å²) in [6.45, 7) is 10.5. The predicted molar refractivity (Wildman–Crippen MR) is 54.4 cm³/mol. The number of primary amides is 1. The zero-order valence-electron chi connectivity index (χ0n) is 10.9. The van der Waals surface area contributed by atoms with Crippen LogP contribution in [-0.4, -0.2) is 17.8 Å². The van der Waals surface area contributed by atoms with Gasteiger partial charge in [-0.1, -0.05) is 19.7 Å². The Balaban J connectivity index is -0.0000000447. The topological polar surface area (TPSA) is 123 Å². The molecule has 0 fully saturated rings. The Labute approximate surface area is 150 Å². The van der Waals surface area contributed by atoms with Crippen LogP contribution in [0.3, 0.4) is 0 Å². The van der Waals surface area contributed by atoms with Crippen LogP contribution < -0.4 is 75.1 Å². The number of carboxylic acids is 2. The molecule has 0 aliphatic carbocycles. The molecule has 0 spiro atoms. The van der Waals surface area contributed by atoms with E-state index in [1.165, 1.54) is 6.92 Å². The average molecular weight is 273 g/mol. The summed E-state index contributed by atoms with van der Waals surface area (Å²) in [5.41, 5.74) is 4.60. The first-order valence-corrected chi connectivity index (χ1v) is 3.81. The first kappa shape index (κ1) is 30.6. The van der Waals surface area contributed by atoms with Crippen molar-refractivity contribution in [1.82, 2.24) is 0 Å². The van der Waals surface area contributed by atoms with Gasteiger partial charge in [0.2, 0.25) is 5.91 Å². The zero-order chi connectivity index (χ0) is 13.7. The Kier molecular flexibility index (Phi) is 37.1. The van der Waals surface area contributed by atoms with Gasteiger partial charge in [0.05, 0.1) is 11.9 Å². The smallest absolute Gasteiger partial charge is 0.545 e. The SMILES string of the molecule is C=C(C)C(=O)[O-].C=CC(=O)[O-].C=CC(N)=O.[Na+].[Na+]. The molecule has 18 heavy (non-hydrogen) atoms. The molecule has 0 heterocycles. The van der Waals surface area contributed by atoms with Gasteiger partial charge in [-0.25, -0.2) is 0 Å². The second-order valence-corrected chi connectivity index (χ2v) is 2.20. The Hall–Kier alpha value is -0.370.